The van der Waals surface area contributed by atoms with Gasteiger partial charge in [-0.1, -0.05) is 97.9 Å². The van der Waals surface area contributed by atoms with Crippen molar-refractivity contribution < 1.29 is 23.9 Å². The van der Waals surface area contributed by atoms with Crippen molar-refractivity contribution in [2.75, 3.05) is 14.2 Å². The Balaban J connectivity index is 2.16. The van der Waals surface area contributed by atoms with Gasteiger partial charge >= 0.3 is 11.9 Å². The Kier molecular flexibility index (Phi) is 8.19. The Morgan fingerprint density at radius 2 is 1.09 bits per heavy atom. The van der Waals surface area contributed by atoms with Crippen LogP contribution in [-0.2, 0) is 29.3 Å². The maximum atomic E-state index is 14.3. The molecule has 0 aliphatic heterocycles. The van der Waals surface area contributed by atoms with Gasteiger partial charge in [-0.05, 0) is 23.1 Å². The smallest absolute Gasteiger partial charge is 0.328 e. The third kappa shape index (κ3) is 5.01. The molecule has 0 saturated carbocycles. The molecule has 0 aliphatic rings. The number of carbonyl (C=O) groups is 3. The summed E-state index contributed by atoms with van der Waals surface area (Å²) in [5, 5.41) is 2.89. The van der Waals surface area contributed by atoms with E-state index in [0.717, 1.165) is 16.7 Å². The maximum absolute atomic E-state index is 14.3. The highest BCUT2D eigenvalue weighted by Gasteiger charge is 2.45. The minimum atomic E-state index is -1.25. The average molecular weight is 460 g/mol. The first-order valence-corrected chi connectivity index (χ1v) is 11.1. The molecule has 0 aliphatic carbocycles. The molecule has 0 heterocycles. The second-order valence-corrected chi connectivity index (χ2v) is 8.06. The van der Waals surface area contributed by atoms with Crippen molar-refractivity contribution in [2.45, 2.75) is 24.8 Å². The van der Waals surface area contributed by atoms with Gasteiger partial charge in [-0.25, -0.2) is 4.79 Å². The number of carbonyl (C=O) groups excluding carboxylic acids is 3. The van der Waals surface area contributed by atoms with Crippen molar-refractivity contribution in [1.82, 2.24) is 5.32 Å². The summed E-state index contributed by atoms with van der Waals surface area (Å²) < 4.78 is 9.75. The lowest BCUT2D eigenvalue weighted by Gasteiger charge is -2.35. The summed E-state index contributed by atoms with van der Waals surface area (Å²) in [5.41, 5.74) is 0.989. The topological polar surface area (TPSA) is 81.7 Å². The summed E-state index contributed by atoms with van der Waals surface area (Å²) in [5.74, 6) is -2.12. The summed E-state index contributed by atoms with van der Waals surface area (Å²) in [4.78, 5) is 38.9. The molecular weight excluding hydrogens is 430 g/mol. The van der Waals surface area contributed by atoms with E-state index in [1.54, 1.807) is 6.92 Å². The van der Waals surface area contributed by atoms with Gasteiger partial charge in [0, 0.05) is 0 Å². The number of hydrogen-bond acceptors (Lipinski definition) is 5. The van der Waals surface area contributed by atoms with E-state index in [1.165, 1.54) is 14.2 Å². The quantitative estimate of drug-likeness (QED) is 0.388. The van der Waals surface area contributed by atoms with Crippen LogP contribution in [0.3, 0.4) is 0 Å². The maximum Gasteiger partial charge on any atom is 0.328 e. The first-order chi connectivity index (χ1) is 16.4. The van der Waals surface area contributed by atoms with Crippen LogP contribution in [0.2, 0.25) is 0 Å². The lowest BCUT2D eigenvalue weighted by molar-refractivity contribution is -0.149. The zero-order valence-electron chi connectivity index (χ0n) is 19.6. The van der Waals surface area contributed by atoms with Crippen LogP contribution in [-0.4, -0.2) is 38.1 Å². The van der Waals surface area contributed by atoms with E-state index in [0.29, 0.717) is 0 Å². The van der Waals surface area contributed by atoms with E-state index < -0.39 is 35.2 Å². The van der Waals surface area contributed by atoms with Crippen LogP contribution in [0.5, 0.6) is 0 Å². The molecule has 3 aromatic carbocycles. The average Bonchev–Trinajstić information content (AvgIpc) is 2.89. The van der Waals surface area contributed by atoms with Crippen LogP contribution >= 0.6 is 0 Å². The van der Waals surface area contributed by atoms with Crippen molar-refractivity contribution in [2.24, 2.45) is 5.92 Å². The predicted octanol–water partition coefficient (Wildman–Crippen LogP) is 3.88. The highest BCUT2D eigenvalue weighted by atomic mass is 16.5. The number of amides is 1. The number of benzene rings is 3. The van der Waals surface area contributed by atoms with Crippen molar-refractivity contribution in [3.05, 3.63) is 108 Å². The molecule has 1 amide bonds. The Morgan fingerprint density at radius 3 is 1.44 bits per heavy atom. The van der Waals surface area contributed by atoms with Gasteiger partial charge in [-0.15, -0.1) is 0 Å². The SMILES string of the molecule is COC(=O)[C@H](C)C[C@@H](NC(=O)C(c1ccccc1)(c1ccccc1)c1ccccc1)C(=O)OC. The molecule has 2 atom stereocenters. The fourth-order valence-corrected chi connectivity index (χ4v) is 4.23. The molecule has 0 saturated heterocycles. The van der Waals surface area contributed by atoms with Gasteiger partial charge in [0.1, 0.15) is 11.5 Å². The van der Waals surface area contributed by atoms with Gasteiger partial charge < -0.3 is 14.8 Å². The molecule has 6 nitrogen and oxygen atoms in total. The third-order valence-electron chi connectivity index (χ3n) is 5.94. The summed E-state index contributed by atoms with van der Waals surface area (Å²) in [6.07, 6.45) is 0.0412. The highest BCUT2D eigenvalue weighted by Crippen LogP contribution is 2.39. The minimum absolute atomic E-state index is 0.0412. The Hall–Kier alpha value is -3.93. The summed E-state index contributed by atoms with van der Waals surface area (Å²) in [6, 6.07) is 27.2. The van der Waals surface area contributed by atoms with Crippen LogP contribution in [0.1, 0.15) is 30.0 Å². The summed E-state index contributed by atoms with van der Waals surface area (Å²) in [7, 11) is 2.54. The van der Waals surface area contributed by atoms with E-state index in [1.807, 2.05) is 91.0 Å². The van der Waals surface area contributed by atoms with E-state index >= 15 is 0 Å². The van der Waals surface area contributed by atoms with Crippen LogP contribution in [0.4, 0.5) is 0 Å². The lowest BCUT2D eigenvalue weighted by Crippen LogP contribution is -2.52. The molecule has 0 spiro atoms. The summed E-state index contributed by atoms with van der Waals surface area (Å²) >= 11 is 0. The zero-order chi connectivity index (χ0) is 24.6. The highest BCUT2D eigenvalue weighted by molar-refractivity contribution is 5.98. The van der Waals surface area contributed by atoms with Crippen molar-refractivity contribution >= 4 is 17.8 Å². The van der Waals surface area contributed by atoms with Crippen molar-refractivity contribution in [3.63, 3.8) is 0 Å². The molecule has 3 aromatic rings. The largest absolute Gasteiger partial charge is 0.469 e. The van der Waals surface area contributed by atoms with Crippen LogP contribution in [0.25, 0.3) is 0 Å². The van der Waals surface area contributed by atoms with E-state index in [-0.39, 0.29) is 6.42 Å². The van der Waals surface area contributed by atoms with Gasteiger partial charge in [0.2, 0.25) is 5.91 Å². The molecule has 0 unspecified atom stereocenters. The van der Waals surface area contributed by atoms with Gasteiger partial charge in [-0.3, -0.25) is 9.59 Å². The van der Waals surface area contributed by atoms with Gasteiger partial charge in [0.15, 0.2) is 0 Å². The second-order valence-electron chi connectivity index (χ2n) is 8.06. The molecule has 0 bridgehead atoms. The number of esters is 2. The third-order valence-corrected chi connectivity index (χ3v) is 5.94. The van der Waals surface area contributed by atoms with Crippen LogP contribution < -0.4 is 5.32 Å². The normalized spacial score (nSPS) is 12.8. The van der Waals surface area contributed by atoms with Crippen molar-refractivity contribution in [1.29, 1.82) is 0 Å². The Labute approximate surface area is 199 Å². The molecule has 6 heteroatoms. The standard InChI is InChI=1S/C28H29NO5/c1-20(25(30)33-2)19-24(26(31)34-3)29-27(32)28(21-13-7-4-8-14-21,22-15-9-5-10-16-22)23-17-11-6-12-18-23/h4-18,20,24H,19H2,1-3H3,(H,29,32)/t20-,24-/m1/s1. The molecular formula is C28H29NO5. The first kappa shape index (κ1) is 24.7. The Bertz CT molecular complexity index is 1000. The van der Waals surface area contributed by atoms with E-state index in [4.69, 9.17) is 9.47 Å². The number of ether oxygens (including phenoxy) is 2. The van der Waals surface area contributed by atoms with E-state index in [9.17, 15) is 14.4 Å². The monoisotopic (exact) mass is 459 g/mol. The Morgan fingerprint density at radius 1 is 0.706 bits per heavy atom. The first-order valence-electron chi connectivity index (χ1n) is 11.1. The summed E-state index contributed by atoms with van der Waals surface area (Å²) in [6.45, 7) is 1.65. The van der Waals surface area contributed by atoms with Crippen molar-refractivity contribution in [3.8, 4) is 0 Å². The molecule has 176 valence electrons. The molecule has 34 heavy (non-hydrogen) atoms. The van der Waals surface area contributed by atoms with Crippen LogP contribution in [0, 0.1) is 5.92 Å². The van der Waals surface area contributed by atoms with Crippen LogP contribution in [0.15, 0.2) is 91.0 Å². The lowest BCUT2D eigenvalue weighted by atomic mass is 9.68. The number of rotatable bonds is 9. The number of hydrogen-bond donors (Lipinski definition) is 1. The molecule has 0 radical (unpaired) electrons. The molecule has 0 aromatic heterocycles. The molecule has 1 N–H and O–H groups in total. The fourth-order valence-electron chi connectivity index (χ4n) is 4.23. The van der Waals surface area contributed by atoms with Gasteiger partial charge in [0.25, 0.3) is 0 Å². The molecule has 3 rings (SSSR count). The fraction of sp³-hybridized carbons (Fsp3) is 0.250. The van der Waals surface area contributed by atoms with E-state index in [2.05, 4.69) is 5.32 Å². The number of nitrogens with one attached hydrogen (secondary N) is 1. The van der Waals surface area contributed by atoms with Gasteiger partial charge in [-0.2, -0.15) is 0 Å². The second kappa shape index (κ2) is 11.3. The molecule has 0 fully saturated rings. The van der Waals surface area contributed by atoms with Gasteiger partial charge in [0.05, 0.1) is 20.1 Å². The zero-order valence-corrected chi connectivity index (χ0v) is 19.6. The minimum Gasteiger partial charge on any atom is -0.469 e. The number of methoxy groups -OCH3 is 2. The predicted molar refractivity (Wildman–Crippen MR) is 129 cm³/mol.